The molecule has 0 fully saturated rings. The molecule has 1 aromatic rings. The molecule has 1 aromatic carbocycles. The van der Waals surface area contributed by atoms with Gasteiger partial charge in [0.15, 0.2) is 5.96 Å². The van der Waals surface area contributed by atoms with Crippen molar-refractivity contribution in [2.45, 2.75) is 6.92 Å². The van der Waals surface area contributed by atoms with Crippen LogP contribution in [0.3, 0.4) is 0 Å². The second-order valence-corrected chi connectivity index (χ2v) is 4.47. The number of hydrogen-bond donors (Lipinski definition) is 2. The van der Waals surface area contributed by atoms with Gasteiger partial charge in [0.1, 0.15) is 11.5 Å². The maximum atomic E-state index is 5.83. The van der Waals surface area contributed by atoms with Crippen LogP contribution in [0.25, 0.3) is 0 Å². The second-order valence-electron chi connectivity index (χ2n) is 4.47. The number of benzene rings is 1. The molecule has 6 nitrogen and oxygen atoms in total. The summed E-state index contributed by atoms with van der Waals surface area (Å²) < 4.78 is 15.8. The largest absolute Gasteiger partial charge is 0.497 e. The summed E-state index contributed by atoms with van der Waals surface area (Å²) in [4.78, 5) is 4.18. The first kappa shape index (κ1) is 16.8. The number of nitrogens with two attached hydrogens (primary N) is 1. The van der Waals surface area contributed by atoms with Gasteiger partial charge in [-0.25, -0.2) is 0 Å². The van der Waals surface area contributed by atoms with Gasteiger partial charge < -0.3 is 25.3 Å². The molecule has 0 aliphatic rings. The summed E-state index contributed by atoms with van der Waals surface area (Å²) in [5.41, 5.74) is 7.51. The minimum Gasteiger partial charge on any atom is -0.497 e. The number of hydrogen-bond acceptors (Lipinski definition) is 4. The summed E-state index contributed by atoms with van der Waals surface area (Å²) in [7, 11) is 3.19. The minimum absolute atomic E-state index is 0.292. The van der Waals surface area contributed by atoms with E-state index in [-0.39, 0.29) is 0 Å². The van der Waals surface area contributed by atoms with Crippen LogP contribution in [0.5, 0.6) is 11.5 Å². The molecule has 0 amide bonds. The van der Waals surface area contributed by atoms with E-state index >= 15 is 0 Å². The molecule has 0 saturated carbocycles. The van der Waals surface area contributed by atoms with E-state index in [1.54, 1.807) is 26.4 Å². The Hall–Kier alpha value is -2.21. The zero-order chi connectivity index (χ0) is 15.7. The van der Waals surface area contributed by atoms with Crippen LogP contribution in [0.2, 0.25) is 0 Å². The minimum atomic E-state index is 0.292. The summed E-state index contributed by atoms with van der Waals surface area (Å²) >= 11 is 0. The number of aliphatic imine (C=N–C) groups is 1. The molecule has 0 unspecified atom stereocenters. The molecule has 0 spiro atoms. The van der Waals surface area contributed by atoms with Crippen molar-refractivity contribution in [3.8, 4) is 11.5 Å². The maximum absolute atomic E-state index is 5.83. The zero-order valence-corrected chi connectivity index (χ0v) is 12.8. The van der Waals surface area contributed by atoms with E-state index in [2.05, 4.69) is 16.9 Å². The molecule has 21 heavy (non-hydrogen) atoms. The molecule has 0 radical (unpaired) electrons. The van der Waals surface area contributed by atoms with E-state index in [9.17, 15) is 0 Å². The Labute approximate surface area is 125 Å². The van der Waals surface area contributed by atoms with Gasteiger partial charge in [-0.3, -0.25) is 4.99 Å². The lowest BCUT2D eigenvalue weighted by atomic mass is 10.2. The summed E-state index contributed by atoms with van der Waals surface area (Å²) in [6.45, 7) is 7.16. The molecule has 0 aliphatic carbocycles. The summed E-state index contributed by atoms with van der Waals surface area (Å²) in [6.07, 6.45) is 0. The SMILES string of the molecule is C=C(C)COCCN=C(N)Nc1cc(OC)ccc1OC. The Morgan fingerprint density at radius 3 is 2.71 bits per heavy atom. The van der Waals surface area contributed by atoms with Crippen LogP contribution < -0.4 is 20.5 Å². The molecule has 0 aliphatic heterocycles. The van der Waals surface area contributed by atoms with Crippen LogP contribution >= 0.6 is 0 Å². The van der Waals surface area contributed by atoms with Crippen molar-refractivity contribution in [3.63, 3.8) is 0 Å². The fourth-order valence-electron chi connectivity index (χ4n) is 1.57. The van der Waals surface area contributed by atoms with Crippen molar-refractivity contribution in [2.75, 3.05) is 39.3 Å². The first-order valence-corrected chi connectivity index (χ1v) is 6.58. The van der Waals surface area contributed by atoms with E-state index in [1.807, 2.05) is 13.0 Å². The normalized spacial score (nSPS) is 11.1. The number of rotatable bonds is 8. The first-order valence-electron chi connectivity index (χ1n) is 6.58. The van der Waals surface area contributed by atoms with Gasteiger partial charge in [-0.15, -0.1) is 0 Å². The highest BCUT2D eigenvalue weighted by atomic mass is 16.5. The molecular weight excluding hydrogens is 270 g/mol. The molecule has 0 aromatic heterocycles. The van der Waals surface area contributed by atoms with Crippen LogP contribution in [0, 0.1) is 0 Å². The molecule has 0 bridgehead atoms. The second kappa shape index (κ2) is 8.86. The molecule has 3 N–H and O–H groups in total. The van der Waals surface area contributed by atoms with Crippen LogP contribution in [0.15, 0.2) is 35.3 Å². The van der Waals surface area contributed by atoms with Gasteiger partial charge in [0.2, 0.25) is 0 Å². The molecule has 116 valence electrons. The number of methoxy groups -OCH3 is 2. The van der Waals surface area contributed by atoms with Crippen molar-refractivity contribution >= 4 is 11.6 Å². The van der Waals surface area contributed by atoms with Gasteiger partial charge in [0.05, 0.1) is 39.7 Å². The number of nitrogens with zero attached hydrogens (tertiary/aromatic N) is 1. The molecule has 0 saturated heterocycles. The third-order valence-corrected chi connectivity index (χ3v) is 2.54. The number of anilines is 1. The Morgan fingerprint density at radius 2 is 2.10 bits per heavy atom. The third kappa shape index (κ3) is 6.18. The van der Waals surface area contributed by atoms with Crippen LogP contribution in [-0.2, 0) is 4.74 Å². The first-order chi connectivity index (χ1) is 10.1. The van der Waals surface area contributed by atoms with Gasteiger partial charge >= 0.3 is 0 Å². The van der Waals surface area contributed by atoms with Crippen LogP contribution in [0.1, 0.15) is 6.92 Å². The highest BCUT2D eigenvalue weighted by Crippen LogP contribution is 2.28. The lowest BCUT2D eigenvalue weighted by Gasteiger charge is -2.12. The van der Waals surface area contributed by atoms with Crippen LogP contribution in [0.4, 0.5) is 5.69 Å². The Kier molecular flexibility index (Phi) is 7.11. The predicted octanol–water partition coefficient (Wildman–Crippen LogP) is 2.02. The fraction of sp³-hybridized carbons (Fsp3) is 0.400. The molecular formula is C15H23N3O3. The Bertz CT molecular complexity index is 501. The van der Waals surface area contributed by atoms with E-state index in [1.165, 1.54) is 0 Å². The van der Waals surface area contributed by atoms with Crippen LogP contribution in [-0.4, -0.2) is 39.9 Å². The summed E-state index contributed by atoms with van der Waals surface area (Å²) in [5.74, 6) is 1.66. The number of ether oxygens (including phenoxy) is 3. The third-order valence-electron chi connectivity index (χ3n) is 2.54. The van der Waals surface area contributed by atoms with Crippen molar-refractivity contribution in [1.82, 2.24) is 0 Å². The van der Waals surface area contributed by atoms with Gasteiger partial charge in [0.25, 0.3) is 0 Å². The molecule has 6 heteroatoms. The Balaban J connectivity index is 2.56. The summed E-state index contributed by atoms with van der Waals surface area (Å²) in [6, 6.07) is 5.39. The van der Waals surface area contributed by atoms with Gasteiger partial charge in [-0.1, -0.05) is 12.2 Å². The van der Waals surface area contributed by atoms with Gasteiger partial charge in [0, 0.05) is 6.07 Å². The fourth-order valence-corrected chi connectivity index (χ4v) is 1.57. The lowest BCUT2D eigenvalue weighted by molar-refractivity contribution is 0.165. The average molecular weight is 293 g/mol. The molecule has 0 heterocycles. The van der Waals surface area contributed by atoms with Crippen molar-refractivity contribution < 1.29 is 14.2 Å². The Morgan fingerprint density at radius 1 is 1.33 bits per heavy atom. The number of nitrogens with one attached hydrogen (secondary N) is 1. The summed E-state index contributed by atoms with van der Waals surface area (Å²) in [5, 5.41) is 2.99. The van der Waals surface area contributed by atoms with Crippen molar-refractivity contribution in [2.24, 2.45) is 10.7 Å². The van der Waals surface area contributed by atoms with E-state index in [0.717, 1.165) is 5.57 Å². The highest BCUT2D eigenvalue weighted by molar-refractivity contribution is 5.94. The highest BCUT2D eigenvalue weighted by Gasteiger charge is 2.05. The quantitative estimate of drug-likeness (QED) is 0.332. The monoisotopic (exact) mass is 293 g/mol. The van der Waals surface area contributed by atoms with Gasteiger partial charge in [-0.05, 0) is 19.1 Å². The molecule has 1 rings (SSSR count). The van der Waals surface area contributed by atoms with Crippen molar-refractivity contribution in [3.05, 3.63) is 30.4 Å². The topological polar surface area (TPSA) is 78.1 Å². The smallest absolute Gasteiger partial charge is 0.193 e. The maximum Gasteiger partial charge on any atom is 0.193 e. The molecule has 0 atom stereocenters. The predicted molar refractivity (Wildman–Crippen MR) is 85.3 cm³/mol. The van der Waals surface area contributed by atoms with Crippen molar-refractivity contribution in [1.29, 1.82) is 0 Å². The number of guanidine groups is 1. The lowest BCUT2D eigenvalue weighted by Crippen LogP contribution is -2.23. The van der Waals surface area contributed by atoms with E-state index < -0.39 is 0 Å². The van der Waals surface area contributed by atoms with E-state index in [0.29, 0.717) is 42.9 Å². The van der Waals surface area contributed by atoms with Gasteiger partial charge in [-0.2, -0.15) is 0 Å². The standard InChI is InChI=1S/C15H23N3O3/c1-11(2)10-21-8-7-17-15(16)18-13-9-12(19-3)5-6-14(13)20-4/h5-6,9H,1,7-8,10H2,2-4H3,(H3,16,17,18). The van der Waals surface area contributed by atoms with E-state index in [4.69, 9.17) is 19.9 Å². The zero-order valence-electron chi connectivity index (χ0n) is 12.8. The average Bonchev–Trinajstić information content (AvgIpc) is 2.46.